The van der Waals surface area contributed by atoms with E-state index in [4.69, 9.17) is 20.9 Å². The molecular weight excluding hydrogens is 232 g/mol. The molecule has 0 saturated heterocycles. The Balaban J connectivity index is 2.07. The van der Waals surface area contributed by atoms with Gasteiger partial charge in [0.25, 0.3) is 0 Å². The third-order valence-corrected chi connectivity index (χ3v) is 2.54. The van der Waals surface area contributed by atoms with Gasteiger partial charge in [-0.1, -0.05) is 6.07 Å². The molecule has 0 spiro atoms. The fourth-order valence-electron chi connectivity index (χ4n) is 1.70. The van der Waals surface area contributed by atoms with Gasteiger partial charge in [0.15, 0.2) is 11.5 Å². The van der Waals surface area contributed by atoms with Crippen molar-refractivity contribution >= 4 is 11.8 Å². The predicted octanol–water partition coefficient (Wildman–Crippen LogP) is 1.55. The van der Waals surface area contributed by atoms with Crippen LogP contribution in [0.4, 0.5) is 11.8 Å². The zero-order valence-electron chi connectivity index (χ0n) is 9.33. The maximum Gasteiger partial charge on any atom is 0.221 e. The van der Waals surface area contributed by atoms with Gasteiger partial charge < -0.3 is 20.9 Å². The molecule has 6 nitrogen and oxygen atoms in total. The van der Waals surface area contributed by atoms with Gasteiger partial charge in [-0.05, 0) is 17.7 Å². The first-order valence-corrected chi connectivity index (χ1v) is 5.25. The van der Waals surface area contributed by atoms with Gasteiger partial charge in [-0.3, -0.25) is 0 Å². The predicted molar refractivity (Wildman–Crippen MR) is 66.7 cm³/mol. The minimum atomic E-state index is 0.150. The Kier molecular flexibility index (Phi) is 2.26. The molecule has 0 aliphatic carbocycles. The summed E-state index contributed by atoms with van der Waals surface area (Å²) in [6.45, 7) is 0. The average molecular weight is 242 g/mol. The van der Waals surface area contributed by atoms with Gasteiger partial charge in [-0.2, -0.15) is 4.98 Å². The molecule has 18 heavy (non-hydrogen) atoms. The highest BCUT2D eigenvalue weighted by molar-refractivity contribution is 5.75. The van der Waals surface area contributed by atoms with Gasteiger partial charge in [0.1, 0.15) is 18.3 Å². The van der Waals surface area contributed by atoms with Gasteiger partial charge in [0.05, 0.1) is 0 Å². The van der Waals surface area contributed by atoms with Crippen LogP contribution in [-0.4, -0.2) is 9.97 Å². The molecule has 1 aromatic carbocycles. The number of nitrogen functional groups attached to an aromatic ring is 2. The quantitative estimate of drug-likeness (QED) is 0.787. The highest BCUT2D eigenvalue weighted by Crippen LogP contribution is 2.35. The lowest BCUT2D eigenvalue weighted by Gasteiger charge is -2.13. The van der Waals surface area contributed by atoms with Crippen molar-refractivity contribution in [3.63, 3.8) is 0 Å². The summed E-state index contributed by atoms with van der Waals surface area (Å²) in [7, 11) is 0. The first-order valence-electron chi connectivity index (χ1n) is 5.25. The second-order valence-corrected chi connectivity index (χ2v) is 3.70. The van der Waals surface area contributed by atoms with Crippen LogP contribution in [0.1, 0.15) is 0 Å². The standard InChI is InChI=1S/C12H10N4O2/c13-11-8(6-15-12(14)16-11)7-1-2-9-10(5-7)18-4-3-17-9/h1-6H,(H4,13,14,15,16). The van der Waals surface area contributed by atoms with Crippen molar-refractivity contribution in [2.24, 2.45) is 0 Å². The van der Waals surface area contributed by atoms with Crippen molar-refractivity contribution in [3.05, 3.63) is 36.9 Å². The van der Waals surface area contributed by atoms with Crippen LogP contribution in [0, 0.1) is 0 Å². The van der Waals surface area contributed by atoms with Gasteiger partial charge in [0.2, 0.25) is 5.95 Å². The van der Waals surface area contributed by atoms with E-state index in [-0.39, 0.29) is 5.95 Å². The molecule has 1 aliphatic rings. The third kappa shape index (κ3) is 1.69. The molecule has 2 aromatic rings. The van der Waals surface area contributed by atoms with Crippen molar-refractivity contribution < 1.29 is 9.47 Å². The molecule has 0 radical (unpaired) electrons. The molecule has 1 aromatic heterocycles. The summed E-state index contributed by atoms with van der Waals surface area (Å²) in [4.78, 5) is 7.85. The molecule has 90 valence electrons. The normalized spacial score (nSPS) is 12.4. The Morgan fingerprint density at radius 3 is 2.56 bits per heavy atom. The van der Waals surface area contributed by atoms with Crippen molar-refractivity contribution in [3.8, 4) is 22.6 Å². The maximum atomic E-state index is 5.81. The Hall–Kier alpha value is -2.76. The molecule has 0 amide bonds. The summed E-state index contributed by atoms with van der Waals surface area (Å²) in [6, 6.07) is 5.46. The SMILES string of the molecule is Nc1ncc(-c2ccc3c(c2)OC=CO3)c(N)n1. The van der Waals surface area contributed by atoms with E-state index in [9.17, 15) is 0 Å². The smallest absolute Gasteiger partial charge is 0.221 e. The summed E-state index contributed by atoms with van der Waals surface area (Å²) < 4.78 is 10.6. The minimum absolute atomic E-state index is 0.150. The summed E-state index contributed by atoms with van der Waals surface area (Å²) in [6.07, 6.45) is 4.52. The molecule has 0 unspecified atom stereocenters. The fourth-order valence-corrected chi connectivity index (χ4v) is 1.70. The number of hydrogen-bond acceptors (Lipinski definition) is 6. The number of hydrogen-bond donors (Lipinski definition) is 2. The molecule has 0 saturated carbocycles. The monoisotopic (exact) mass is 242 g/mol. The van der Waals surface area contributed by atoms with Crippen molar-refractivity contribution in [1.82, 2.24) is 9.97 Å². The molecule has 0 atom stereocenters. The van der Waals surface area contributed by atoms with Crippen molar-refractivity contribution in [1.29, 1.82) is 0 Å². The van der Waals surface area contributed by atoms with Crippen molar-refractivity contribution in [2.75, 3.05) is 11.5 Å². The van der Waals surface area contributed by atoms with E-state index >= 15 is 0 Å². The van der Waals surface area contributed by atoms with Gasteiger partial charge >= 0.3 is 0 Å². The van der Waals surface area contributed by atoms with E-state index in [1.54, 1.807) is 12.3 Å². The molecule has 6 heteroatoms. The Labute approximate surface area is 103 Å². The third-order valence-electron chi connectivity index (χ3n) is 2.54. The summed E-state index contributed by atoms with van der Waals surface area (Å²) in [5.74, 6) is 1.74. The van der Waals surface area contributed by atoms with E-state index < -0.39 is 0 Å². The lowest BCUT2D eigenvalue weighted by atomic mass is 10.1. The van der Waals surface area contributed by atoms with E-state index in [0.29, 0.717) is 22.9 Å². The van der Waals surface area contributed by atoms with E-state index in [1.165, 1.54) is 12.5 Å². The minimum Gasteiger partial charge on any atom is -0.458 e. The van der Waals surface area contributed by atoms with Crippen LogP contribution in [0.5, 0.6) is 11.5 Å². The van der Waals surface area contributed by atoms with E-state index in [0.717, 1.165) is 5.56 Å². The summed E-state index contributed by atoms with van der Waals surface area (Å²) in [5.41, 5.74) is 12.8. The van der Waals surface area contributed by atoms with E-state index in [1.807, 2.05) is 12.1 Å². The molecular formula is C12H10N4O2. The first kappa shape index (κ1) is 10.4. The number of benzene rings is 1. The number of ether oxygens (including phenoxy) is 2. The highest BCUT2D eigenvalue weighted by Gasteiger charge is 2.12. The zero-order chi connectivity index (χ0) is 12.5. The lowest BCUT2D eigenvalue weighted by Crippen LogP contribution is -2.01. The lowest BCUT2D eigenvalue weighted by molar-refractivity contribution is 0.362. The number of anilines is 2. The van der Waals surface area contributed by atoms with Crippen LogP contribution in [0.15, 0.2) is 36.9 Å². The van der Waals surface area contributed by atoms with Crippen LogP contribution in [-0.2, 0) is 0 Å². The second kappa shape index (κ2) is 3.92. The first-order chi connectivity index (χ1) is 8.74. The highest BCUT2D eigenvalue weighted by atomic mass is 16.5. The Bertz CT molecular complexity index is 640. The van der Waals surface area contributed by atoms with Crippen LogP contribution in [0.25, 0.3) is 11.1 Å². The van der Waals surface area contributed by atoms with Gasteiger partial charge in [-0.15, -0.1) is 0 Å². The zero-order valence-corrected chi connectivity index (χ0v) is 9.33. The fraction of sp³-hybridized carbons (Fsp3) is 0. The molecule has 2 heterocycles. The largest absolute Gasteiger partial charge is 0.458 e. The number of nitrogens with two attached hydrogens (primary N) is 2. The maximum absolute atomic E-state index is 5.81. The topological polar surface area (TPSA) is 96.3 Å². The number of rotatable bonds is 1. The number of nitrogens with zero attached hydrogens (tertiary/aromatic N) is 2. The van der Waals surface area contributed by atoms with Crippen LogP contribution < -0.4 is 20.9 Å². The summed E-state index contributed by atoms with van der Waals surface area (Å²) >= 11 is 0. The molecule has 0 fully saturated rings. The van der Waals surface area contributed by atoms with Crippen LogP contribution in [0.2, 0.25) is 0 Å². The van der Waals surface area contributed by atoms with Gasteiger partial charge in [-0.25, -0.2) is 4.98 Å². The summed E-state index contributed by atoms with van der Waals surface area (Å²) in [5, 5.41) is 0. The molecule has 4 N–H and O–H groups in total. The van der Waals surface area contributed by atoms with Crippen molar-refractivity contribution in [2.45, 2.75) is 0 Å². The number of aromatic nitrogens is 2. The Morgan fingerprint density at radius 2 is 1.78 bits per heavy atom. The van der Waals surface area contributed by atoms with Crippen LogP contribution in [0.3, 0.4) is 0 Å². The van der Waals surface area contributed by atoms with Crippen LogP contribution >= 0.6 is 0 Å². The Morgan fingerprint density at radius 1 is 1.00 bits per heavy atom. The number of fused-ring (bicyclic) bond motifs is 1. The molecule has 0 bridgehead atoms. The van der Waals surface area contributed by atoms with Gasteiger partial charge in [0, 0.05) is 11.8 Å². The average Bonchev–Trinajstić information content (AvgIpc) is 2.38. The molecule has 3 rings (SSSR count). The van der Waals surface area contributed by atoms with E-state index in [2.05, 4.69) is 9.97 Å². The molecule has 1 aliphatic heterocycles. The second-order valence-electron chi connectivity index (χ2n) is 3.70.